The summed E-state index contributed by atoms with van der Waals surface area (Å²) in [6.07, 6.45) is 3.07. The van der Waals surface area contributed by atoms with Crippen molar-refractivity contribution in [2.75, 3.05) is 16.0 Å². The molecule has 234 valence electrons. The van der Waals surface area contributed by atoms with Gasteiger partial charge in [0.05, 0.1) is 0 Å². The van der Waals surface area contributed by atoms with Crippen LogP contribution in [0.3, 0.4) is 0 Å². The van der Waals surface area contributed by atoms with E-state index in [-0.39, 0.29) is 16.7 Å². The van der Waals surface area contributed by atoms with Crippen LogP contribution in [-0.4, -0.2) is 17.7 Å². The molecule has 0 aliphatic rings. The molecule has 0 aromatic heterocycles. The highest BCUT2D eigenvalue weighted by molar-refractivity contribution is 6.12. The molecule has 6 nitrogen and oxygen atoms in total. The molecule has 3 amide bonds. The molecule has 3 unspecified atom stereocenters. The quantitative estimate of drug-likeness (QED) is 0.151. The summed E-state index contributed by atoms with van der Waals surface area (Å²) < 4.78 is 0. The van der Waals surface area contributed by atoms with Gasteiger partial charge in [0.2, 0.25) is 0 Å². The van der Waals surface area contributed by atoms with Crippen LogP contribution < -0.4 is 16.0 Å². The van der Waals surface area contributed by atoms with E-state index in [9.17, 15) is 14.4 Å². The zero-order valence-electron chi connectivity index (χ0n) is 27.2. The minimum atomic E-state index is -0.411. The monoisotopic (exact) mass is 603 g/mol. The molecule has 0 saturated carbocycles. The highest BCUT2D eigenvalue weighted by atomic mass is 16.2. The van der Waals surface area contributed by atoms with E-state index in [0.29, 0.717) is 34.8 Å². The van der Waals surface area contributed by atoms with E-state index in [1.54, 1.807) is 0 Å². The Morgan fingerprint density at radius 1 is 0.444 bits per heavy atom. The third-order valence-corrected chi connectivity index (χ3v) is 8.77. The number of benzene rings is 4. The number of carbonyl (C=O) groups is 3. The average molecular weight is 604 g/mol. The van der Waals surface area contributed by atoms with Crippen LogP contribution in [0.15, 0.2) is 91.0 Å². The molecule has 3 N–H and O–H groups in total. The van der Waals surface area contributed by atoms with Crippen LogP contribution in [-0.2, 0) is 0 Å². The van der Waals surface area contributed by atoms with Gasteiger partial charge in [-0.15, -0.1) is 0 Å². The third kappa shape index (κ3) is 8.69. The molecule has 0 bridgehead atoms. The molecule has 0 saturated heterocycles. The fraction of sp³-hybridized carbons (Fsp3) is 0.308. The summed E-state index contributed by atoms with van der Waals surface area (Å²) in [5.41, 5.74) is 6.11. The summed E-state index contributed by atoms with van der Waals surface area (Å²) in [5.74, 6) is 0.0259. The number of anilines is 3. The zero-order chi connectivity index (χ0) is 32.5. The predicted octanol–water partition coefficient (Wildman–Crippen LogP) is 9.98. The second-order valence-corrected chi connectivity index (χ2v) is 12.0. The standard InChI is InChI=1S/C39H45N3O3/c1-7-25(4)28-10-16-34(17-11-28)40-37(43)31-22-32(38(44)41-35-18-12-29(13-19-35)26(5)8-2)24-33(23-31)39(45)42-36-20-14-30(15-21-36)27(6)9-3/h10-27H,7-9H2,1-6H3,(H,40,43)(H,41,44)(H,42,45). The Labute approximate surface area is 267 Å². The van der Waals surface area contributed by atoms with Gasteiger partial charge in [-0.2, -0.15) is 0 Å². The van der Waals surface area contributed by atoms with Crippen LogP contribution in [0.4, 0.5) is 17.1 Å². The van der Waals surface area contributed by atoms with Gasteiger partial charge in [0.15, 0.2) is 0 Å². The largest absolute Gasteiger partial charge is 0.322 e. The maximum Gasteiger partial charge on any atom is 0.255 e. The molecule has 0 aliphatic heterocycles. The second-order valence-electron chi connectivity index (χ2n) is 12.0. The number of nitrogens with one attached hydrogen (secondary N) is 3. The van der Waals surface area contributed by atoms with Crippen LogP contribution in [0.2, 0.25) is 0 Å². The van der Waals surface area contributed by atoms with Crippen LogP contribution in [0.5, 0.6) is 0 Å². The predicted molar refractivity (Wildman–Crippen MR) is 186 cm³/mol. The van der Waals surface area contributed by atoms with Crippen molar-refractivity contribution in [1.82, 2.24) is 0 Å². The highest BCUT2D eigenvalue weighted by Crippen LogP contribution is 2.24. The summed E-state index contributed by atoms with van der Waals surface area (Å²) in [5, 5.41) is 8.75. The number of amides is 3. The molecule has 0 heterocycles. The number of hydrogen-bond donors (Lipinski definition) is 3. The summed E-state index contributed by atoms with van der Waals surface area (Å²) in [4.78, 5) is 40.3. The Kier molecular flexibility index (Phi) is 11.3. The minimum absolute atomic E-state index is 0.207. The average Bonchev–Trinajstić information content (AvgIpc) is 3.07. The first-order chi connectivity index (χ1) is 21.6. The van der Waals surface area contributed by atoms with E-state index >= 15 is 0 Å². The lowest BCUT2D eigenvalue weighted by molar-refractivity contribution is 0.102. The van der Waals surface area contributed by atoms with Gasteiger partial charge in [-0.25, -0.2) is 0 Å². The lowest BCUT2D eigenvalue weighted by Gasteiger charge is -2.14. The van der Waals surface area contributed by atoms with E-state index in [1.165, 1.54) is 34.9 Å². The zero-order valence-corrected chi connectivity index (χ0v) is 27.2. The van der Waals surface area contributed by atoms with Crippen molar-refractivity contribution < 1.29 is 14.4 Å². The van der Waals surface area contributed by atoms with Crippen molar-refractivity contribution in [3.8, 4) is 0 Å². The first kappa shape index (κ1) is 33.2. The Bertz CT molecular complexity index is 1400. The van der Waals surface area contributed by atoms with Crippen molar-refractivity contribution in [1.29, 1.82) is 0 Å². The molecular formula is C39H45N3O3. The SMILES string of the molecule is CCC(C)c1ccc(NC(=O)c2cc(C(=O)Nc3ccc(C(C)CC)cc3)cc(C(=O)Nc3ccc(C(C)CC)cc3)c2)cc1. The topological polar surface area (TPSA) is 87.3 Å². The van der Waals surface area contributed by atoms with E-state index in [4.69, 9.17) is 0 Å². The van der Waals surface area contributed by atoms with Gasteiger partial charge in [0.1, 0.15) is 0 Å². The Morgan fingerprint density at radius 2 is 0.667 bits per heavy atom. The third-order valence-electron chi connectivity index (χ3n) is 8.77. The van der Waals surface area contributed by atoms with Gasteiger partial charge in [-0.1, -0.05) is 77.9 Å². The van der Waals surface area contributed by atoms with Crippen LogP contribution >= 0.6 is 0 Å². The molecule has 45 heavy (non-hydrogen) atoms. The van der Waals surface area contributed by atoms with Gasteiger partial charge in [-0.3, -0.25) is 14.4 Å². The maximum atomic E-state index is 13.4. The molecule has 4 aromatic carbocycles. The van der Waals surface area contributed by atoms with Crippen molar-refractivity contribution >= 4 is 34.8 Å². The number of carbonyl (C=O) groups excluding carboxylic acids is 3. The molecule has 0 aliphatic carbocycles. The fourth-order valence-electron chi connectivity index (χ4n) is 5.02. The second kappa shape index (κ2) is 15.3. The molecule has 0 fully saturated rings. The van der Waals surface area contributed by atoms with Gasteiger partial charge in [0.25, 0.3) is 17.7 Å². The maximum absolute atomic E-state index is 13.4. The lowest BCUT2D eigenvalue weighted by atomic mass is 9.98. The molecule has 6 heteroatoms. The van der Waals surface area contributed by atoms with E-state index < -0.39 is 17.7 Å². The van der Waals surface area contributed by atoms with Crippen molar-refractivity contribution in [2.24, 2.45) is 0 Å². The number of hydrogen-bond acceptors (Lipinski definition) is 3. The Morgan fingerprint density at radius 3 is 0.867 bits per heavy atom. The first-order valence-corrected chi connectivity index (χ1v) is 16.0. The van der Waals surface area contributed by atoms with Gasteiger partial charge in [0, 0.05) is 33.8 Å². The fourth-order valence-corrected chi connectivity index (χ4v) is 5.02. The van der Waals surface area contributed by atoms with Crippen LogP contribution in [0.25, 0.3) is 0 Å². The Balaban J connectivity index is 1.60. The summed E-state index contributed by atoms with van der Waals surface area (Å²) in [7, 11) is 0. The minimum Gasteiger partial charge on any atom is -0.322 e. The molecular weight excluding hydrogens is 558 g/mol. The van der Waals surface area contributed by atoms with Gasteiger partial charge >= 0.3 is 0 Å². The molecule has 0 spiro atoms. The van der Waals surface area contributed by atoms with Gasteiger partial charge < -0.3 is 16.0 Å². The van der Waals surface area contributed by atoms with Crippen molar-refractivity contribution in [3.63, 3.8) is 0 Å². The molecule has 3 atom stereocenters. The lowest BCUT2D eigenvalue weighted by Crippen LogP contribution is -2.19. The van der Waals surface area contributed by atoms with Gasteiger partial charge in [-0.05, 0) is 108 Å². The smallest absolute Gasteiger partial charge is 0.255 e. The van der Waals surface area contributed by atoms with Crippen LogP contribution in [0, 0.1) is 0 Å². The van der Waals surface area contributed by atoms with E-state index in [2.05, 4.69) is 57.5 Å². The molecule has 4 aromatic rings. The van der Waals surface area contributed by atoms with Crippen molar-refractivity contribution in [3.05, 3.63) is 124 Å². The summed E-state index contributed by atoms with van der Waals surface area (Å²) in [6, 6.07) is 27.8. The number of rotatable bonds is 12. The van der Waals surface area contributed by atoms with E-state index in [0.717, 1.165) is 19.3 Å². The van der Waals surface area contributed by atoms with Crippen molar-refractivity contribution in [2.45, 2.75) is 78.6 Å². The first-order valence-electron chi connectivity index (χ1n) is 16.0. The molecule has 4 rings (SSSR count). The van der Waals surface area contributed by atoms with Crippen LogP contribution in [0.1, 0.15) is 126 Å². The molecule has 0 radical (unpaired) electrons. The highest BCUT2D eigenvalue weighted by Gasteiger charge is 2.18. The Hall–Kier alpha value is -4.71. The summed E-state index contributed by atoms with van der Waals surface area (Å²) >= 11 is 0. The normalized spacial score (nSPS) is 12.9. The van der Waals surface area contributed by atoms with E-state index in [1.807, 2.05) is 72.8 Å². The summed E-state index contributed by atoms with van der Waals surface area (Å²) in [6.45, 7) is 12.9.